The fourth-order valence-electron chi connectivity index (χ4n) is 2.51. The highest BCUT2D eigenvalue weighted by molar-refractivity contribution is 8.05. The fraction of sp³-hybridized carbons (Fsp3) is 0.143. The molecule has 0 aliphatic rings. The summed E-state index contributed by atoms with van der Waals surface area (Å²) in [6.07, 6.45) is 2.31. The van der Waals surface area contributed by atoms with E-state index in [1.54, 1.807) is 18.2 Å². The summed E-state index contributed by atoms with van der Waals surface area (Å²) < 4.78 is 28.1. The number of thioether (sulfide) groups is 1. The number of aliphatic carboxylic acids is 1. The lowest BCUT2D eigenvalue weighted by atomic mass is 10.1. The quantitative estimate of drug-likeness (QED) is 0.239. The number of halogens is 2. The summed E-state index contributed by atoms with van der Waals surface area (Å²) in [5.41, 5.74) is 6.98. The number of hydrogen-bond acceptors (Lipinski definition) is 5. The van der Waals surface area contributed by atoms with Crippen LogP contribution in [-0.4, -0.2) is 22.1 Å². The molecule has 0 amide bonds. The van der Waals surface area contributed by atoms with E-state index >= 15 is 0 Å². The molecule has 2 rings (SSSR count). The molecule has 2 aromatic carbocycles. The van der Waals surface area contributed by atoms with Gasteiger partial charge in [0.15, 0.2) is 11.6 Å². The molecule has 0 unspecified atom stereocenters. The second-order valence-corrected chi connectivity index (χ2v) is 7.25. The number of nitroso groups, excluding NO2 is 1. The molecule has 0 aliphatic carbocycles. The van der Waals surface area contributed by atoms with Crippen molar-refractivity contribution in [2.45, 2.75) is 20.4 Å². The third kappa shape index (κ3) is 5.18. The number of para-hydroxylation sites is 1. The number of nitrogens with one attached hydrogen (secondary N) is 1. The largest absolute Gasteiger partial charge is 0.478 e. The molecule has 0 bridgehead atoms. The van der Waals surface area contributed by atoms with Crippen LogP contribution < -0.4 is 5.73 Å². The van der Waals surface area contributed by atoms with E-state index in [4.69, 9.17) is 11.1 Å². The molecule has 0 spiro atoms. The molecule has 2 aromatic rings. The second kappa shape index (κ2) is 9.93. The van der Waals surface area contributed by atoms with Crippen LogP contribution in [-0.2, 0) is 11.3 Å². The van der Waals surface area contributed by atoms with Crippen LogP contribution >= 0.6 is 11.8 Å². The van der Waals surface area contributed by atoms with E-state index in [-0.39, 0.29) is 34.0 Å². The Hall–Kier alpha value is -3.33. The molecule has 6 nitrogen and oxygen atoms in total. The standard InChI is InChI=1S/C21H19F2N3O3S/c1-12-6-7-14(18(23)17(12)22)8-9-30-20(13(2)21(27)28)26(29)11-16-5-3-4-15(10-24)19(16)25/h3-10H,11H2,1-2H3,(H3-,24,25,27,28)/p+1. The van der Waals surface area contributed by atoms with Crippen LogP contribution in [0.3, 0.4) is 0 Å². The summed E-state index contributed by atoms with van der Waals surface area (Å²) in [6.45, 7) is 2.46. The normalized spacial score (nSPS) is 12.0. The summed E-state index contributed by atoms with van der Waals surface area (Å²) in [5, 5.41) is 17.8. The van der Waals surface area contributed by atoms with Gasteiger partial charge < -0.3 is 16.2 Å². The Morgan fingerprint density at radius 3 is 2.57 bits per heavy atom. The van der Waals surface area contributed by atoms with E-state index in [1.165, 1.54) is 37.5 Å². The Bertz CT molecular complexity index is 1080. The Morgan fingerprint density at radius 2 is 1.93 bits per heavy atom. The van der Waals surface area contributed by atoms with Crippen molar-refractivity contribution in [3.63, 3.8) is 0 Å². The average molecular weight is 432 g/mol. The minimum Gasteiger partial charge on any atom is -0.478 e. The van der Waals surface area contributed by atoms with Gasteiger partial charge in [0.1, 0.15) is 5.57 Å². The maximum atomic E-state index is 14.0. The molecule has 0 aliphatic heterocycles. The molecule has 0 heterocycles. The smallest absolute Gasteiger partial charge is 0.338 e. The average Bonchev–Trinajstić information content (AvgIpc) is 2.71. The summed E-state index contributed by atoms with van der Waals surface area (Å²) in [7, 11) is 0. The minimum absolute atomic E-state index is 0.0293. The number of carboxylic acids is 1. The van der Waals surface area contributed by atoms with Gasteiger partial charge >= 0.3 is 11.0 Å². The molecule has 9 heteroatoms. The predicted molar refractivity (Wildman–Crippen MR) is 114 cm³/mol. The first-order chi connectivity index (χ1) is 14.2. The highest BCUT2D eigenvalue weighted by Gasteiger charge is 2.26. The van der Waals surface area contributed by atoms with Gasteiger partial charge in [-0.1, -0.05) is 30.3 Å². The molecule has 156 valence electrons. The lowest BCUT2D eigenvalue weighted by Gasteiger charge is -2.05. The fourth-order valence-corrected chi connectivity index (χ4v) is 3.30. The van der Waals surface area contributed by atoms with Crippen molar-refractivity contribution < 1.29 is 23.4 Å². The van der Waals surface area contributed by atoms with Gasteiger partial charge in [-0.05, 0) is 42.7 Å². The third-order valence-electron chi connectivity index (χ3n) is 4.30. The highest BCUT2D eigenvalue weighted by atomic mass is 32.2. The monoisotopic (exact) mass is 432 g/mol. The highest BCUT2D eigenvalue weighted by Crippen LogP contribution is 2.27. The number of rotatable bonds is 8. The number of nitrogen functional groups attached to an aromatic ring is 1. The van der Waals surface area contributed by atoms with Crippen molar-refractivity contribution in [3.8, 4) is 0 Å². The van der Waals surface area contributed by atoms with Gasteiger partial charge in [0, 0.05) is 32.6 Å². The molecular weight excluding hydrogens is 412 g/mol. The van der Waals surface area contributed by atoms with E-state index in [1.807, 2.05) is 0 Å². The van der Waals surface area contributed by atoms with Gasteiger partial charge in [-0.3, -0.25) is 0 Å². The number of aryl methyl sites for hydroxylation is 1. The summed E-state index contributed by atoms with van der Waals surface area (Å²) in [5.74, 6) is -3.28. The molecule has 4 N–H and O–H groups in total. The van der Waals surface area contributed by atoms with Gasteiger partial charge in [0.25, 0.3) is 0 Å². The number of carboxylic acid groups (broad SMARTS) is 1. The SMILES string of the molecule is CC(C(=O)O)=C(SC=Cc1ccc(C)c(F)c1F)[N+](=O)Cc1cccc(C=N)c1N. The third-order valence-corrected chi connectivity index (χ3v) is 5.31. The summed E-state index contributed by atoms with van der Waals surface area (Å²) in [6, 6.07) is 7.66. The Kier molecular flexibility index (Phi) is 7.60. The Labute approximate surface area is 176 Å². The number of nitrogens with zero attached hydrogens (tertiary/aromatic N) is 1. The van der Waals surface area contributed by atoms with Crippen LogP contribution in [0.1, 0.15) is 29.2 Å². The molecule has 0 saturated carbocycles. The van der Waals surface area contributed by atoms with Gasteiger partial charge in [0.2, 0.25) is 6.54 Å². The van der Waals surface area contributed by atoms with Gasteiger partial charge in [-0.2, -0.15) is 0 Å². The van der Waals surface area contributed by atoms with E-state index in [0.717, 1.165) is 18.0 Å². The summed E-state index contributed by atoms with van der Waals surface area (Å²) in [4.78, 5) is 24.1. The van der Waals surface area contributed by atoms with Crippen LogP contribution in [0, 0.1) is 28.9 Å². The maximum Gasteiger partial charge on any atom is 0.338 e. The lowest BCUT2D eigenvalue weighted by molar-refractivity contribution is -0.503. The molecule has 0 aromatic heterocycles. The maximum absolute atomic E-state index is 14.0. The molecular formula is C21H20F2N3O3S+. The van der Waals surface area contributed by atoms with Crippen molar-refractivity contribution in [1.29, 1.82) is 5.41 Å². The van der Waals surface area contributed by atoms with Crippen LogP contribution in [0.15, 0.2) is 46.3 Å². The Balaban J connectivity index is 2.31. The predicted octanol–water partition coefficient (Wildman–Crippen LogP) is 4.85. The van der Waals surface area contributed by atoms with Crippen molar-refractivity contribution in [2.24, 2.45) is 0 Å². The molecule has 30 heavy (non-hydrogen) atoms. The summed E-state index contributed by atoms with van der Waals surface area (Å²) >= 11 is 0.772. The number of carbonyl (C=O) groups is 1. The zero-order valence-corrected chi connectivity index (χ0v) is 17.1. The topological polar surface area (TPSA) is 107 Å². The van der Waals surface area contributed by atoms with Crippen molar-refractivity contribution in [3.05, 3.63) is 85.1 Å². The lowest BCUT2D eigenvalue weighted by Crippen LogP contribution is -2.12. The van der Waals surface area contributed by atoms with Gasteiger partial charge in [-0.25, -0.2) is 13.6 Å². The van der Waals surface area contributed by atoms with E-state index in [2.05, 4.69) is 0 Å². The van der Waals surface area contributed by atoms with Gasteiger partial charge in [-0.15, -0.1) is 0 Å². The van der Waals surface area contributed by atoms with E-state index in [9.17, 15) is 23.6 Å². The van der Waals surface area contributed by atoms with Crippen LogP contribution in [0.2, 0.25) is 0 Å². The second-order valence-electron chi connectivity index (χ2n) is 6.36. The van der Waals surface area contributed by atoms with Crippen molar-refractivity contribution >= 4 is 35.7 Å². The molecule has 0 fully saturated rings. The van der Waals surface area contributed by atoms with Crippen LogP contribution in [0.5, 0.6) is 0 Å². The van der Waals surface area contributed by atoms with Gasteiger partial charge in [0.05, 0.1) is 5.69 Å². The van der Waals surface area contributed by atoms with Crippen LogP contribution in [0.25, 0.3) is 6.08 Å². The van der Waals surface area contributed by atoms with E-state index < -0.39 is 17.6 Å². The Morgan fingerprint density at radius 1 is 1.23 bits per heavy atom. The van der Waals surface area contributed by atoms with Crippen molar-refractivity contribution in [2.75, 3.05) is 5.73 Å². The molecule has 0 radical (unpaired) electrons. The zero-order chi connectivity index (χ0) is 22.4. The first kappa shape index (κ1) is 23.0. The number of nitrogens with two attached hydrogens (primary N) is 1. The first-order valence-corrected chi connectivity index (χ1v) is 9.59. The molecule has 0 saturated heterocycles. The first-order valence-electron chi connectivity index (χ1n) is 8.71. The number of benzene rings is 2. The number of anilines is 1. The van der Waals surface area contributed by atoms with Crippen molar-refractivity contribution in [1.82, 2.24) is 0 Å². The minimum atomic E-state index is -1.29. The zero-order valence-electron chi connectivity index (χ0n) is 16.3. The molecule has 0 atom stereocenters. The van der Waals surface area contributed by atoms with E-state index in [0.29, 0.717) is 15.9 Å². The van der Waals surface area contributed by atoms with Crippen LogP contribution in [0.4, 0.5) is 14.5 Å². The number of hydrogen-bond donors (Lipinski definition) is 3.